The van der Waals surface area contributed by atoms with Crippen molar-refractivity contribution in [1.82, 2.24) is 9.55 Å². The van der Waals surface area contributed by atoms with Crippen LogP contribution in [0.5, 0.6) is 5.75 Å². The molecule has 110 valence electrons. The molecule has 1 aromatic carbocycles. The van der Waals surface area contributed by atoms with Gasteiger partial charge in [-0.25, -0.2) is 4.98 Å². The molecule has 0 radical (unpaired) electrons. The molecule has 0 aliphatic rings. The van der Waals surface area contributed by atoms with Crippen LogP contribution in [0.1, 0.15) is 52.2 Å². The van der Waals surface area contributed by atoms with E-state index in [1.165, 1.54) is 0 Å². The molecule has 3 nitrogen and oxygen atoms in total. The van der Waals surface area contributed by atoms with Crippen LogP contribution in [0.25, 0.3) is 11.0 Å². The summed E-state index contributed by atoms with van der Waals surface area (Å²) < 4.78 is 8.02. The predicted molar refractivity (Wildman–Crippen MR) is 84.8 cm³/mol. The molecule has 0 spiro atoms. The number of aromatic nitrogens is 2. The van der Waals surface area contributed by atoms with E-state index in [4.69, 9.17) is 21.3 Å². The number of alkyl halides is 1. The Morgan fingerprint density at radius 2 is 2.05 bits per heavy atom. The molecule has 2 rings (SSSR count). The van der Waals surface area contributed by atoms with Crippen molar-refractivity contribution >= 4 is 22.6 Å². The lowest BCUT2D eigenvalue weighted by atomic mass is 10.1. The number of hydrogen-bond acceptors (Lipinski definition) is 2. The van der Waals surface area contributed by atoms with Crippen molar-refractivity contribution in [2.75, 3.05) is 6.61 Å². The zero-order chi connectivity index (χ0) is 14.9. The van der Waals surface area contributed by atoms with Crippen LogP contribution < -0.4 is 4.74 Å². The Morgan fingerprint density at radius 1 is 1.35 bits per heavy atom. The van der Waals surface area contributed by atoms with Gasteiger partial charge in [0.25, 0.3) is 0 Å². The van der Waals surface area contributed by atoms with Crippen molar-refractivity contribution in [3.8, 4) is 5.75 Å². The zero-order valence-corrected chi connectivity index (χ0v) is 13.7. The average Bonchev–Trinajstić information content (AvgIpc) is 2.76. The molecule has 1 heterocycles. The normalized spacial score (nSPS) is 13.7. The number of imidazole rings is 1. The van der Waals surface area contributed by atoms with Gasteiger partial charge in [0.2, 0.25) is 0 Å². The first-order chi connectivity index (χ1) is 9.36. The van der Waals surface area contributed by atoms with Crippen LogP contribution in [-0.2, 0) is 5.54 Å². The van der Waals surface area contributed by atoms with Gasteiger partial charge < -0.3 is 9.30 Å². The number of nitrogens with zero attached hydrogens (tertiary/aromatic N) is 2. The molecule has 1 aromatic heterocycles. The molecule has 0 amide bonds. The van der Waals surface area contributed by atoms with Crippen LogP contribution in [0.15, 0.2) is 18.2 Å². The predicted octanol–water partition coefficient (Wildman–Crippen LogP) is 4.88. The largest absolute Gasteiger partial charge is 0.491 e. The first-order valence-corrected chi connectivity index (χ1v) is 7.58. The molecule has 1 unspecified atom stereocenters. The Morgan fingerprint density at radius 3 is 2.60 bits per heavy atom. The number of ether oxygens (including phenoxy) is 1. The van der Waals surface area contributed by atoms with Gasteiger partial charge in [-0.3, -0.25) is 0 Å². The fourth-order valence-corrected chi connectivity index (χ4v) is 2.54. The maximum absolute atomic E-state index is 6.32. The highest BCUT2D eigenvalue weighted by Crippen LogP contribution is 2.34. The minimum absolute atomic E-state index is 0.0728. The molecule has 0 fully saturated rings. The van der Waals surface area contributed by atoms with Crippen LogP contribution in [0, 0.1) is 0 Å². The molecular formula is C16H23ClN2O. The highest BCUT2D eigenvalue weighted by molar-refractivity contribution is 6.20. The third-order valence-electron chi connectivity index (χ3n) is 3.16. The van der Waals surface area contributed by atoms with Crippen LogP contribution in [0.4, 0.5) is 0 Å². The Balaban J connectivity index is 2.67. The van der Waals surface area contributed by atoms with Gasteiger partial charge in [-0.05, 0) is 46.2 Å². The Labute approximate surface area is 125 Å². The van der Waals surface area contributed by atoms with Crippen LogP contribution >= 0.6 is 11.6 Å². The molecule has 20 heavy (non-hydrogen) atoms. The van der Waals surface area contributed by atoms with Crippen molar-refractivity contribution < 1.29 is 4.74 Å². The van der Waals surface area contributed by atoms with E-state index < -0.39 is 0 Å². The van der Waals surface area contributed by atoms with Gasteiger partial charge in [0.05, 0.1) is 17.5 Å². The maximum Gasteiger partial charge on any atom is 0.147 e. The Kier molecular flexibility index (Phi) is 4.28. The molecular weight excluding hydrogens is 272 g/mol. The molecule has 0 N–H and O–H groups in total. The van der Waals surface area contributed by atoms with E-state index in [1.807, 2.05) is 19.1 Å². The summed E-state index contributed by atoms with van der Waals surface area (Å²) in [6.07, 6.45) is 0.981. The number of fused-ring (bicyclic) bond motifs is 1. The maximum atomic E-state index is 6.32. The molecule has 2 aromatic rings. The molecule has 0 bridgehead atoms. The number of halogens is 1. The first kappa shape index (κ1) is 15.2. The van der Waals surface area contributed by atoms with Gasteiger partial charge in [-0.1, -0.05) is 13.0 Å². The van der Waals surface area contributed by atoms with Crippen molar-refractivity contribution in [1.29, 1.82) is 0 Å². The second kappa shape index (κ2) is 5.65. The van der Waals surface area contributed by atoms with E-state index in [0.29, 0.717) is 6.61 Å². The van der Waals surface area contributed by atoms with Gasteiger partial charge in [-0.2, -0.15) is 0 Å². The highest BCUT2D eigenvalue weighted by Gasteiger charge is 2.25. The van der Waals surface area contributed by atoms with Gasteiger partial charge in [0.15, 0.2) is 0 Å². The van der Waals surface area contributed by atoms with Crippen molar-refractivity contribution in [3.63, 3.8) is 0 Å². The summed E-state index contributed by atoms with van der Waals surface area (Å²) in [6.45, 7) is 11.2. The van der Waals surface area contributed by atoms with Gasteiger partial charge in [0.1, 0.15) is 17.1 Å². The molecule has 0 saturated carbocycles. The van der Waals surface area contributed by atoms with Crippen LogP contribution in [-0.4, -0.2) is 16.2 Å². The summed E-state index contributed by atoms with van der Waals surface area (Å²) in [5.41, 5.74) is 1.91. The van der Waals surface area contributed by atoms with Gasteiger partial charge in [-0.15, -0.1) is 11.6 Å². The lowest BCUT2D eigenvalue weighted by Crippen LogP contribution is -2.24. The fraction of sp³-hybridized carbons (Fsp3) is 0.562. The summed E-state index contributed by atoms with van der Waals surface area (Å²) in [4.78, 5) is 4.74. The fourth-order valence-electron chi connectivity index (χ4n) is 2.39. The summed E-state index contributed by atoms with van der Waals surface area (Å²) in [5.74, 6) is 1.73. The van der Waals surface area contributed by atoms with E-state index in [1.54, 1.807) is 0 Å². The molecule has 0 saturated heterocycles. The summed E-state index contributed by atoms with van der Waals surface area (Å²) in [7, 11) is 0. The molecule has 1 atom stereocenters. The van der Waals surface area contributed by atoms with E-state index in [9.17, 15) is 0 Å². The molecule has 0 aliphatic carbocycles. The third kappa shape index (κ3) is 2.78. The van der Waals surface area contributed by atoms with Crippen molar-refractivity contribution in [3.05, 3.63) is 24.0 Å². The number of rotatable bonds is 4. The topological polar surface area (TPSA) is 27.1 Å². The summed E-state index contributed by atoms with van der Waals surface area (Å²) in [6, 6.07) is 6.07. The van der Waals surface area contributed by atoms with E-state index in [2.05, 4.69) is 38.3 Å². The molecule has 0 aliphatic heterocycles. The van der Waals surface area contributed by atoms with E-state index >= 15 is 0 Å². The van der Waals surface area contributed by atoms with Crippen molar-refractivity contribution in [2.45, 2.75) is 52.0 Å². The minimum atomic E-state index is -0.138. The molecule has 4 heteroatoms. The minimum Gasteiger partial charge on any atom is -0.491 e. The monoisotopic (exact) mass is 294 g/mol. The third-order valence-corrected chi connectivity index (χ3v) is 3.36. The van der Waals surface area contributed by atoms with Crippen molar-refractivity contribution in [2.24, 2.45) is 0 Å². The van der Waals surface area contributed by atoms with Gasteiger partial charge in [0, 0.05) is 5.54 Å². The summed E-state index contributed by atoms with van der Waals surface area (Å²) in [5, 5.41) is -0.138. The lowest BCUT2D eigenvalue weighted by molar-refractivity contribution is 0.320. The second-order valence-corrected chi connectivity index (χ2v) is 6.72. The Hall–Kier alpha value is -1.22. The quantitative estimate of drug-likeness (QED) is 0.751. The zero-order valence-electron chi connectivity index (χ0n) is 12.9. The standard InChI is InChI=1S/C16H23ClN2O/c1-6-10-20-13-9-7-8-12-14(13)18-15(11(2)17)19(12)16(3,4)5/h7-9,11H,6,10H2,1-5H3. The number of benzene rings is 1. The van der Waals surface area contributed by atoms with Crippen LogP contribution in [0.2, 0.25) is 0 Å². The van der Waals surface area contributed by atoms with E-state index in [-0.39, 0.29) is 10.9 Å². The Bertz CT molecular complexity index is 596. The first-order valence-electron chi connectivity index (χ1n) is 7.15. The van der Waals surface area contributed by atoms with E-state index in [0.717, 1.165) is 29.0 Å². The van der Waals surface area contributed by atoms with Crippen LogP contribution in [0.3, 0.4) is 0 Å². The summed E-state index contributed by atoms with van der Waals surface area (Å²) >= 11 is 6.32. The number of hydrogen-bond donors (Lipinski definition) is 0. The SMILES string of the molecule is CCCOc1cccc2c1nc(C(C)Cl)n2C(C)(C)C. The highest BCUT2D eigenvalue weighted by atomic mass is 35.5. The second-order valence-electron chi connectivity index (χ2n) is 6.06. The smallest absolute Gasteiger partial charge is 0.147 e. The number of para-hydroxylation sites is 1. The lowest BCUT2D eigenvalue weighted by Gasteiger charge is -2.25. The average molecular weight is 295 g/mol. The van der Waals surface area contributed by atoms with Gasteiger partial charge >= 0.3 is 0 Å².